The van der Waals surface area contributed by atoms with Crippen LogP contribution in [0.1, 0.15) is 0 Å². The van der Waals surface area contributed by atoms with Crippen LogP contribution in [-0.4, -0.2) is 43.5 Å². The summed E-state index contributed by atoms with van der Waals surface area (Å²) in [6, 6.07) is 6.03. The standard InChI is InChI=1S/C14H16FN3O/c15-12-4-1-2-5-13(12)17-14(19)6-3-9-18-10-7-16-8-11-18/h1-2,4-5,16H,7-11H2,(H,17,19). The van der Waals surface area contributed by atoms with Crippen molar-refractivity contribution in [1.82, 2.24) is 10.2 Å². The van der Waals surface area contributed by atoms with Crippen molar-refractivity contribution in [3.63, 3.8) is 0 Å². The first kappa shape index (κ1) is 13.5. The Labute approximate surface area is 112 Å². The second kappa shape index (κ2) is 6.88. The van der Waals surface area contributed by atoms with Crippen LogP contribution in [0.2, 0.25) is 0 Å². The Morgan fingerprint density at radius 3 is 2.84 bits per heavy atom. The fraction of sp³-hybridized carbons (Fsp3) is 0.357. The third-order valence-corrected chi connectivity index (χ3v) is 2.84. The zero-order chi connectivity index (χ0) is 13.5. The fourth-order valence-electron chi connectivity index (χ4n) is 1.82. The molecular formula is C14H16FN3O. The maximum Gasteiger partial charge on any atom is 0.300 e. The number of amides is 1. The molecule has 0 radical (unpaired) electrons. The van der Waals surface area contributed by atoms with Crippen molar-refractivity contribution >= 4 is 11.6 Å². The van der Waals surface area contributed by atoms with Crippen LogP contribution in [-0.2, 0) is 4.79 Å². The van der Waals surface area contributed by atoms with E-state index in [1.54, 1.807) is 12.1 Å². The van der Waals surface area contributed by atoms with Gasteiger partial charge >= 0.3 is 0 Å². The first-order valence-electron chi connectivity index (χ1n) is 6.23. The van der Waals surface area contributed by atoms with Gasteiger partial charge in [0, 0.05) is 26.2 Å². The lowest BCUT2D eigenvalue weighted by Crippen LogP contribution is -2.43. The van der Waals surface area contributed by atoms with Crippen LogP contribution >= 0.6 is 0 Å². The van der Waals surface area contributed by atoms with Gasteiger partial charge in [-0.25, -0.2) is 4.39 Å². The molecule has 1 heterocycles. The number of halogens is 1. The minimum absolute atomic E-state index is 0.156. The van der Waals surface area contributed by atoms with E-state index in [1.807, 2.05) is 0 Å². The number of nitrogens with one attached hydrogen (secondary N) is 2. The number of anilines is 1. The molecule has 1 aliphatic heterocycles. The van der Waals surface area contributed by atoms with Crippen molar-refractivity contribution in [2.45, 2.75) is 0 Å². The number of benzene rings is 1. The Morgan fingerprint density at radius 1 is 1.37 bits per heavy atom. The molecule has 19 heavy (non-hydrogen) atoms. The second-order valence-corrected chi connectivity index (χ2v) is 4.26. The first-order chi connectivity index (χ1) is 9.25. The summed E-state index contributed by atoms with van der Waals surface area (Å²) in [6.45, 7) is 4.33. The normalized spacial score (nSPS) is 15.4. The van der Waals surface area contributed by atoms with Crippen molar-refractivity contribution < 1.29 is 9.18 Å². The van der Waals surface area contributed by atoms with Gasteiger partial charge < -0.3 is 10.6 Å². The van der Waals surface area contributed by atoms with E-state index in [2.05, 4.69) is 27.4 Å². The first-order valence-corrected chi connectivity index (χ1v) is 6.23. The zero-order valence-corrected chi connectivity index (χ0v) is 10.6. The van der Waals surface area contributed by atoms with Gasteiger partial charge in [-0.1, -0.05) is 18.1 Å². The van der Waals surface area contributed by atoms with Gasteiger partial charge in [0.25, 0.3) is 5.91 Å². The van der Waals surface area contributed by atoms with Gasteiger partial charge in [-0.3, -0.25) is 9.69 Å². The maximum atomic E-state index is 13.3. The maximum absolute atomic E-state index is 13.3. The number of nitrogens with zero attached hydrogens (tertiary/aromatic N) is 1. The van der Waals surface area contributed by atoms with E-state index in [0.29, 0.717) is 6.54 Å². The van der Waals surface area contributed by atoms with Crippen LogP contribution in [0.4, 0.5) is 10.1 Å². The summed E-state index contributed by atoms with van der Waals surface area (Å²) < 4.78 is 13.3. The van der Waals surface area contributed by atoms with E-state index in [1.165, 1.54) is 12.1 Å². The van der Waals surface area contributed by atoms with Crippen LogP contribution in [0.3, 0.4) is 0 Å². The van der Waals surface area contributed by atoms with Crippen molar-refractivity contribution in [3.8, 4) is 11.8 Å². The molecule has 0 saturated carbocycles. The van der Waals surface area contributed by atoms with Crippen molar-refractivity contribution in [3.05, 3.63) is 30.1 Å². The molecule has 1 saturated heterocycles. The molecule has 0 spiro atoms. The molecule has 1 amide bonds. The van der Waals surface area contributed by atoms with Crippen LogP contribution in [0.15, 0.2) is 24.3 Å². The molecule has 0 bridgehead atoms. The number of carbonyl (C=O) groups excluding carboxylic acids is 1. The Bertz CT molecular complexity index is 501. The van der Waals surface area contributed by atoms with Gasteiger partial charge in [-0.2, -0.15) is 0 Å². The number of carbonyl (C=O) groups is 1. The Balaban J connectivity index is 1.83. The molecular weight excluding hydrogens is 245 g/mol. The van der Waals surface area contributed by atoms with Gasteiger partial charge in [-0.05, 0) is 18.1 Å². The molecule has 1 aromatic carbocycles. The molecule has 0 aromatic heterocycles. The molecule has 1 fully saturated rings. The molecule has 0 atom stereocenters. The second-order valence-electron chi connectivity index (χ2n) is 4.26. The Morgan fingerprint density at radius 2 is 2.11 bits per heavy atom. The lowest BCUT2D eigenvalue weighted by molar-refractivity contribution is -0.111. The summed E-state index contributed by atoms with van der Waals surface area (Å²) in [5.74, 6) is 4.34. The van der Waals surface area contributed by atoms with Crippen LogP contribution in [0, 0.1) is 17.7 Å². The summed E-state index contributed by atoms with van der Waals surface area (Å²) in [7, 11) is 0. The van der Waals surface area contributed by atoms with E-state index in [9.17, 15) is 9.18 Å². The summed E-state index contributed by atoms with van der Waals surface area (Å²) in [4.78, 5) is 13.7. The molecule has 1 aromatic rings. The van der Waals surface area contributed by atoms with Crippen molar-refractivity contribution in [2.24, 2.45) is 0 Å². The highest BCUT2D eigenvalue weighted by atomic mass is 19.1. The number of para-hydroxylation sites is 1. The molecule has 100 valence electrons. The third kappa shape index (κ3) is 4.36. The minimum Gasteiger partial charge on any atom is -0.314 e. The Kier molecular flexibility index (Phi) is 4.90. The van der Waals surface area contributed by atoms with Crippen molar-refractivity contribution in [1.29, 1.82) is 0 Å². The topological polar surface area (TPSA) is 44.4 Å². The quantitative estimate of drug-likeness (QED) is 0.769. The van der Waals surface area contributed by atoms with Crippen LogP contribution in [0.25, 0.3) is 0 Å². The van der Waals surface area contributed by atoms with Gasteiger partial charge in [-0.15, -0.1) is 0 Å². The molecule has 5 heteroatoms. The van der Waals surface area contributed by atoms with E-state index in [4.69, 9.17) is 0 Å². The number of piperazine rings is 1. The van der Waals surface area contributed by atoms with Gasteiger partial charge in [0.05, 0.1) is 12.2 Å². The number of hydrogen-bond donors (Lipinski definition) is 2. The SMILES string of the molecule is O=C(C#CCN1CCNCC1)Nc1ccccc1F. The largest absolute Gasteiger partial charge is 0.314 e. The van der Waals surface area contributed by atoms with Crippen LogP contribution in [0.5, 0.6) is 0 Å². The monoisotopic (exact) mass is 261 g/mol. The lowest BCUT2D eigenvalue weighted by Gasteiger charge is -2.24. The number of rotatable bonds is 2. The highest BCUT2D eigenvalue weighted by molar-refractivity contribution is 6.04. The average molecular weight is 261 g/mol. The third-order valence-electron chi connectivity index (χ3n) is 2.84. The Hall–Kier alpha value is -1.90. The predicted molar refractivity (Wildman–Crippen MR) is 72.1 cm³/mol. The molecule has 2 N–H and O–H groups in total. The van der Waals surface area contributed by atoms with E-state index >= 15 is 0 Å². The summed E-state index contributed by atoms with van der Waals surface area (Å²) in [5.41, 5.74) is 0.156. The van der Waals surface area contributed by atoms with Gasteiger partial charge in [0.15, 0.2) is 0 Å². The average Bonchev–Trinajstić information content (AvgIpc) is 2.43. The summed E-state index contributed by atoms with van der Waals surface area (Å²) >= 11 is 0. The van der Waals surface area contributed by atoms with Crippen molar-refractivity contribution in [2.75, 3.05) is 38.0 Å². The fourth-order valence-corrected chi connectivity index (χ4v) is 1.82. The highest BCUT2D eigenvalue weighted by Crippen LogP contribution is 2.11. The molecule has 2 rings (SSSR count). The zero-order valence-electron chi connectivity index (χ0n) is 10.6. The van der Waals surface area contributed by atoms with Gasteiger partial charge in [0.2, 0.25) is 0 Å². The summed E-state index contributed by atoms with van der Waals surface area (Å²) in [6.07, 6.45) is 0. The van der Waals surface area contributed by atoms with E-state index < -0.39 is 11.7 Å². The molecule has 1 aliphatic rings. The van der Waals surface area contributed by atoms with Gasteiger partial charge in [0.1, 0.15) is 5.82 Å². The van der Waals surface area contributed by atoms with E-state index in [0.717, 1.165) is 26.2 Å². The minimum atomic E-state index is -0.486. The molecule has 0 aliphatic carbocycles. The number of hydrogen-bond acceptors (Lipinski definition) is 3. The van der Waals surface area contributed by atoms with E-state index in [-0.39, 0.29) is 5.69 Å². The molecule has 0 unspecified atom stereocenters. The highest BCUT2D eigenvalue weighted by Gasteiger charge is 2.07. The molecule has 4 nitrogen and oxygen atoms in total. The smallest absolute Gasteiger partial charge is 0.300 e. The predicted octanol–water partition coefficient (Wildman–Crippen LogP) is 0.673. The lowest BCUT2D eigenvalue weighted by atomic mass is 10.3. The summed E-state index contributed by atoms with van der Waals surface area (Å²) in [5, 5.41) is 5.67. The van der Waals surface area contributed by atoms with Crippen LogP contribution < -0.4 is 10.6 Å².